The molecule has 1 atom stereocenters. The van der Waals surface area contributed by atoms with E-state index >= 15 is 0 Å². The Morgan fingerprint density at radius 2 is 1.58 bits per heavy atom. The molecule has 1 saturated carbocycles. The second-order valence-electron chi connectivity index (χ2n) is 5.86. The Bertz CT molecular complexity index is 776. The molecule has 0 N–H and O–H groups in total. The maximum absolute atomic E-state index is 6.10. The van der Waals surface area contributed by atoms with E-state index in [2.05, 4.69) is 0 Å². The molecule has 0 amide bonds. The summed E-state index contributed by atoms with van der Waals surface area (Å²) in [5.41, 5.74) is 2.93. The lowest BCUT2D eigenvalue weighted by atomic mass is 10.1. The van der Waals surface area contributed by atoms with Crippen LogP contribution in [-0.2, 0) is 0 Å². The lowest BCUT2D eigenvalue weighted by Gasteiger charge is -2.00. The predicted molar refractivity (Wildman–Crippen MR) is 101 cm³/mol. The van der Waals surface area contributed by atoms with Crippen molar-refractivity contribution in [1.82, 2.24) is 4.98 Å². The molecular weight excluding hydrogens is 361 g/mol. The average Bonchev–Trinajstić information content (AvgIpc) is 3.04. The lowest BCUT2D eigenvalue weighted by Crippen LogP contribution is -1.92. The topological polar surface area (TPSA) is 26.0 Å². The van der Waals surface area contributed by atoms with Gasteiger partial charge in [0.05, 0.1) is 0 Å². The first-order valence-electron chi connectivity index (χ1n) is 7.76. The van der Waals surface area contributed by atoms with Gasteiger partial charge in [-0.2, -0.15) is 0 Å². The van der Waals surface area contributed by atoms with Crippen LogP contribution in [0.15, 0.2) is 70.3 Å². The van der Waals surface area contributed by atoms with Crippen LogP contribution >= 0.6 is 35.0 Å². The molecule has 1 unspecified atom stereocenters. The molecule has 3 aromatic rings. The summed E-state index contributed by atoms with van der Waals surface area (Å²) in [7, 11) is 0. The third-order valence-electron chi connectivity index (χ3n) is 4.05. The van der Waals surface area contributed by atoms with Crippen molar-refractivity contribution in [3.05, 3.63) is 60.7 Å². The number of benzene rings is 2. The summed E-state index contributed by atoms with van der Waals surface area (Å²) in [4.78, 5) is 4.71. The largest absolute Gasteiger partial charge is 0.431 e. The fraction of sp³-hybridized carbons (Fsp3) is 0.211. The zero-order valence-electron chi connectivity index (χ0n) is 12.8. The number of halogens is 2. The Balaban J connectivity index is 1.66. The summed E-state index contributed by atoms with van der Waals surface area (Å²) >= 11 is 13.8. The van der Waals surface area contributed by atoms with E-state index in [1.807, 2.05) is 60.7 Å². The third-order valence-corrected chi connectivity index (χ3v) is 5.97. The molecule has 1 aliphatic rings. The van der Waals surface area contributed by atoms with Gasteiger partial charge in [-0.15, -0.1) is 23.2 Å². The lowest BCUT2D eigenvalue weighted by molar-refractivity contribution is 0.466. The number of aromatic nitrogens is 1. The SMILES string of the molecule is ClC1(Cl)CC1CSc1nc(-c2ccccc2)c(-c2ccccc2)o1. The Labute approximate surface area is 155 Å². The van der Waals surface area contributed by atoms with E-state index in [0.29, 0.717) is 11.1 Å². The minimum absolute atomic E-state index is 0.304. The van der Waals surface area contributed by atoms with Crippen molar-refractivity contribution in [2.24, 2.45) is 5.92 Å². The first-order chi connectivity index (χ1) is 11.6. The summed E-state index contributed by atoms with van der Waals surface area (Å²) in [6, 6.07) is 20.1. The summed E-state index contributed by atoms with van der Waals surface area (Å²) in [6.07, 6.45) is 0.834. The number of rotatable bonds is 5. The minimum Gasteiger partial charge on any atom is -0.431 e. The predicted octanol–water partition coefficient (Wildman–Crippen LogP) is 6.29. The van der Waals surface area contributed by atoms with Crippen molar-refractivity contribution in [3.63, 3.8) is 0 Å². The van der Waals surface area contributed by atoms with Crippen LogP contribution < -0.4 is 0 Å². The number of alkyl halides is 2. The van der Waals surface area contributed by atoms with Crippen LogP contribution in [0.1, 0.15) is 6.42 Å². The number of thioether (sulfide) groups is 1. The molecule has 1 heterocycles. The summed E-state index contributed by atoms with van der Waals surface area (Å²) < 4.78 is 5.50. The molecule has 0 spiro atoms. The van der Waals surface area contributed by atoms with Crippen LogP contribution in [0.4, 0.5) is 0 Å². The highest BCUT2D eigenvalue weighted by atomic mass is 35.5. The standard InChI is InChI=1S/C19H15Cl2NOS/c20-19(21)11-15(19)12-24-18-22-16(13-7-3-1-4-8-13)17(23-18)14-9-5-2-6-10-14/h1-10,15H,11-12H2. The Morgan fingerprint density at radius 1 is 1.00 bits per heavy atom. The molecule has 4 rings (SSSR count). The van der Waals surface area contributed by atoms with Gasteiger partial charge in [0.15, 0.2) is 5.76 Å². The second kappa shape index (κ2) is 6.47. The number of hydrogen-bond donors (Lipinski definition) is 0. The van der Waals surface area contributed by atoms with Crippen LogP contribution in [0.3, 0.4) is 0 Å². The molecule has 0 saturated heterocycles. The molecule has 5 heteroatoms. The van der Waals surface area contributed by atoms with Crippen LogP contribution in [0.5, 0.6) is 0 Å². The van der Waals surface area contributed by atoms with E-state index < -0.39 is 4.33 Å². The smallest absolute Gasteiger partial charge is 0.256 e. The molecule has 122 valence electrons. The number of hydrogen-bond acceptors (Lipinski definition) is 3. The summed E-state index contributed by atoms with van der Waals surface area (Å²) in [5, 5.41) is 0.656. The maximum atomic E-state index is 6.10. The van der Waals surface area contributed by atoms with E-state index in [1.54, 1.807) is 11.8 Å². The molecule has 24 heavy (non-hydrogen) atoms. The van der Waals surface area contributed by atoms with E-state index in [1.165, 1.54) is 0 Å². The highest BCUT2D eigenvalue weighted by Crippen LogP contribution is 2.55. The van der Waals surface area contributed by atoms with Gasteiger partial charge in [-0.05, 0) is 6.42 Å². The van der Waals surface area contributed by atoms with Crippen molar-refractivity contribution >= 4 is 35.0 Å². The number of nitrogens with zero attached hydrogens (tertiary/aromatic N) is 1. The van der Waals surface area contributed by atoms with E-state index in [-0.39, 0.29) is 0 Å². The van der Waals surface area contributed by atoms with Crippen molar-refractivity contribution in [2.45, 2.75) is 16.0 Å². The average molecular weight is 376 g/mol. The highest BCUT2D eigenvalue weighted by Gasteiger charge is 2.51. The fourth-order valence-corrected chi connectivity index (χ4v) is 4.32. The van der Waals surface area contributed by atoms with Crippen LogP contribution in [0.25, 0.3) is 22.6 Å². The molecule has 0 radical (unpaired) electrons. The van der Waals surface area contributed by atoms with Gasteiger partial charge in [-0.3, -0.25) is 0 Å². The van der Waals surface area contributed by atoms with E-state index in [4.69, 9.17) is 32.6 Å². The zero-order chi connectivity index (χ0) is 16.6. The van der Waals surface area contributed by atoms with Crippen molar-refractivity contribution in [2.75, 3.05) is 5.75 Å². The maximum Gasteiger partial charge on any atom is 0.256 e. The van der Waals surface area contributed by atoms with Gasteiger partial charge in [0.25, 0.3) is 5.22 Å². The van der Waals surface area contributed by atoms with Crippen LogP contribution in [-0.4, -0.2) is 15.1 Å². The molecule has 2 nitrogen and oxygen atoms in total. The van der Waals surface area contributed by atoms with Gasteiger partial charge in [-0.1, -0.05) is 72.4 Å². The summed E-state index contributed by atoms with van der Waals surface area (Å²) in [5.74, 6) is 1.91. The number of oxazole rings is 1. The van der Waals surface area contributed by atoms with Crippen molar-refractivity contribution < 1.29 is 4.42 Å². The first kappa shape index (κ1) is 16.1. The quantitative estimate of drug-likeness (QED) is 0.386. The van der Waals surface area contributed by atoms with Crippen molar-refractivity contribution in [1.29, 1.82) is 0 Å². The molecule has 2 aromatic carbocycles. The van der Waals surface area contributed by atoms with Crippen LogP contribution in [0.2, 0.25) is 0 Å². The fourth-order valence-electron chi connectivity index (χ4n) is 2.56. The third kappa shape index (κ3) is 3.34. The normalized spacial score (nSPS) is 18.5. The monoisotopic (exact) mass is 375 g/mol. The molecular formula is C19H15Cl2NOS. The van der Waals surface area contributed by atoms with Crippen molar-refractivity contribution in [3.8, 4) is 22.6 Å². The van der Waals surface area contributed by atoms with Gasteiger partial charge in [0.1, 0.15) is 10.0 Å². The molecule has 1 aliphatic carbocycles. The van der Waals surface area contributed by atoms with E-state index in [9.17, 15) is 0 Å². The Kier molecular flexibility index (Phi) is 4.33. The molecule has 1 aromatic heterocycles. The van der Waals surface area contributed by atoms with Gasteiger partial charge >= 0.3 is 0 Å². The Morgan fingerprint density at radius 3 is 2.17 bits per heavy atom. The summed E-state index contributed by atoms with van der Waals surface area (Å²) in [6.45, 7) is 0. The zero-order valence-corrected chi connectivity index (χ0v) is 15.1. The minimum atomic E-state index is -0.565. The van der Waals surface area contributed by atoms with Crippen LogP contribution in [0, 0.1) is 5.92 Å². The molecule has 0 aliphatic heterocycles. The van der Waals surface area contributed by atoms with Gasteiger partial charge in [0, 0.05) is 22.8 Å². The first-order valence-corrected chi connectivity index (χ1v) is 9.50. The highest BCUT2D eigenvalue weighted by molar-refractivity contribution is 7.99. The second-order valence-corrected chi connectivity index (χ2v) is 8.38. The van der Waals surface area contributed by atoms with Gasteiger partial charge < -0.3 is 4.42 Å². The molecule has 0 bridgehead atoms. The molecule has 1 fully saturated rings. The van der Waals surface area contributed by atoms with E-state index in [0.717, 1.165) is 34.8 Å². The van der Waals surface area contributed by atoms with Gasteiger partial charge in [-0.25, -0.2) is 4.98 Å². The van der Waals surface area contributed by atoms with Gasteiger partial charge in [0.2, 0.25) is 0 Å². The Hall–Kier alpha value is -1.42.